The van der Waals surface area contributed by atoms with Gasteiger partial charge in [0.15, 0.2) is 6.29 Å². The van der Waals surface area contributed by atoms with E-state index in [0.29, 0.717) is 24.1 Å². The third kappa shape index (κ3) is 3.86. The summed E-state index contributed by atoms with van der Waals surface area (Å²) in [5.41, 5.74) is 0.693. The van der Waals surface area contributed by atoms with Crippen molar-refractivity contribution in [2.45, 2.75) is 25.3 Å². The number of ether oxygens (including phenoxy) is 1. The number of phenolic OH excluding ortho intramolecular Hbond substituents is 2. The number of carbonyl (C=O) groups is 2. The average molecular weight is 381 g/mol. The van der Waals surface area contributed by atoms with Gasteiger partial charge >= 0.3 is 0 Å². The summed E-state index contributed by atoms with van der Waals surface area (Å²) in [6, 6.07) is 9.29. The molecule has 1 aliphatic rings. The van der Waals surface area contributed by atoms with Gasteiger partial charge in [0.2, 0.25) is 0 Å². The number of nitrogens with zero attached hydrogens (tertiary/aromatic N) is 1. The number of aldehydes is 1. The fraction of sp³-hybridized carbons (Fsp3) is 0.273. The van der Waals surface area contributed by atoms with Crippen molar-refractivity contribution in [3.8, 4) is 17.2 Å². The summed E-state index contributed by atoms with van der Waals surface area (Å²) in [4.78, 5) is 26.1. The molecule has 0 bridgehead atoms. The highest BCUT2D eigenvalue weighted by molar-refractivity contribution is 6.03. The zero-order valence-electron chi connectivity index (χ0n) is 15.5. The second kappa shape index (κ2) is 8.61. The zero-order valence-corrected chi connectivity index (χ0v) is 15.5. The predicted molar refractivity (Wildman–Crippen MR) is 106 cm³/mol. The first-order chi connectivity index (χ1) is 13.6. The highest BCUT2D eigenvalue weighted by Gasteiger charge is 2.30. The van der Waals surface area contributed by atoms with Crippen LogP contribution in [0.15, 0.2) is 43.0 Å². The number of benzene rings is 2. The SMILES string of the molecule is C=Cc1c(O)cccc1OC[C@@H]1CCCCN1C(=O)c1cccc(O)c1C=O. The van der Waals surface area contributed by atoms with Crippen LogP contribution < -0.4 is 4.74 Å². The molecular formula is C22H23NO5. The van der Waals surface area contributed by atoms with Crippen molar-refractivity contribution >= 4 is 18.3 Å². The van der Waals surface area contributed by atoms with Crippen molar-refractivity contribution in [2.75, 3.05) is 13.2 Å². The number of rotatable bonds is 6. The molecule has 28 heavy (non-hydrogen) atoms. The van der Waals surface area contributed by atoms with Crippen LogP contribution in [-0.2, 0) is 0 Å². The van der Waals surface area contributed by atoms with Gasteiger partial charge in [-0.05, 0) is 43.5 Å². The topological polar surface area (TPSA) is 87.1 Å². The first-order valence-corrected chi connectivity index (χ1v) is 9.22. The van der Waals surface area contributed by atoms with Crippen LogP contribution in [0.1, 0.15) is 45.5 Å². The lowest BCUT2D eigenvalue weighted by atomic mass is 9.99. The number of carbonyl (C=O) groups excluding carboxylic acids is 2. The number of likely N-dealkylation sites (tertiary alicyclic amines) is 1. The van der Waals surface area contributed by atoms with Crippen molar-refractivity contribution in [1.82, 2.24) is 4.90 Å². The molecular weight excluding hydrogens is 358 g/mol. The largest absolute Gasteiger partial charge is 0.507 e. The molecule has 0 saturated carbocycles. The molecule has 0 spiro atoms. The summed E-state index contributed by atoms with van der Waals surface area (Å²) in [7, 11) is 0. The second-order valence-corrected chi connectivity index (χ2v) is 6.71. The van der Waals surface area contributed by atoms with Gasteiger partial charge in [0.25, 0.3) is 5.91 Å². The second-order valence-electron chi connectivity index (χ2n) is 6.71. The van der Waals surface area contributed by atoms with Crippen molar-refractivity contribution in [1.29, 1.82) is 0 Å². The number of hydrogen-bond donors (Lipinski definition) is 2. The van der Waals surface area contributed by atoms with Gasteiger partial charge < -0.3 is 19.8 Å². The standard InChI is InChI=1S/C22H23NO5/c1-2-16-19(25)10-6-11-21(16)28-14-15-7-3-4-12-23(15)22(27)17-8-5-9-20(26)18(17)13-24/h2,5-6,8-11,13,15,25-26H,1,3-4,7,12,14H2/t15-/m0/s1. The Morgan fingerprint density at radius 2 is 1.86 bits per heavy atom. The zero-order chi connectivity index (χ0) is 20.1. The summed E-state index contributed by atoms with van der Waals surface area (Å²) in [6.07, 6.45) is 4.62. The van der Waals surface area contributed by atoms with E-state index in [9.17, 15) is 19.8 Å². The monoisotopic (exact) mass is 381 g/mol. The first kappa shape index (κ1) is 19.5. The van der Waals surface area contributed by atoms with E-state index in [2.05, 4.69) is 6.58 Å². The maximum atomic E-state index is 13.1. The Bertz CT molecular complexity index is 892. The van der Waals surface area contributed by atoms with Gasteiger partial charge in [-0.1, -0.05) is 24.8 Å². The van der Waals surface area contributed by atoms with Crippen molar-refractivity contribution in [3.63, 3.8) is 0 Å². The van der Waals surface area contributed by atoms with Gasteiger partial charge in [0.1, 0.15) is 23.9 Å². The van der Waals surface area contributed by atoms with E-state index in [-0.39, 0.29) is 41.2 Å². The minimum absolute atomic E-state index is 0.000308. The van der Waals surface area contributed by atoms with Crippen LogP contribution in [0.2, 0.25) is 0 Å². The van der Waals surface area contributed by atoms with Gasteiger partial charge in [-0.3, -0.25) is 9.59 Å². The molecule has 1 amide bonds. The highest BCUT2D eigenvalue weighted by Crippen LogP contribution is 2.30. The molecule has 1 fully saturated rings. The molecule has 2 N–H and O–H groups in total. The van der Waals surface area contributed by atoms with Gasteiger partial charge in [0.05, 0.1) is 22.7 Å². The quantitative estimate of drug-likeness (QED) is 0.746. The summed E-state index contributed by atoms with van der Waals surface area (Å²) in [5, 5.41) is 19.8. The van der Waals surface area contributed by atoms with Gasteiger partial charge in [-0.2, -0.15) is 0 Å². The fourth-order valence-electron chi connectivity index (χ4n) is 3.51. The lowest BCUT2D eigenvalue weighted by Crippen LogP contribution is -2.47. The van der Waals surface area contributed by atoms with E-state index in [1.165, 1.54) is 12.1 Å². The van der Waals surface area contributed by atoms with Crippen molar-refractivity contribution in [3.05, 3.63) is 59.7 Å². The molecule has 1 atom stereocenters. The summed E-state index contributed by atoms with van der Waals surface area (Å²) >= 11 is 0. The van der Waals surface area contributed by atoms with Crippen LogP contribution in [-0.4, -0.2) is 46.5 Å². The minimum Gasteiger partial charge on any atom is -0.507 e. The Kier molecular flexibility index (Phi) is 5.99. The maximum absolute atomic E-state index is 13.1. The third-order valence-corrected chi connectivity index (χ3v) is 5.00. The van der Waals surface area contributed by atoms with Crippen LogP contribution in [0.4, 0.5) is 0 Å². The lowest BCUT2D eigenvalue weighted by molar-refractivity contribution is 0.0526. The van der Waals surface area contributed by atoms with Gasteiger partial charge in [0, 0.05) is 6.54 Å². The number of hydrogen-bond acceptors (Lipinski definition) is 5. The molecule has 1 saturated heterocycles. The molecule has 2 aromatic carbocycles. The molecule has 1 aliphatic heterocycles. The van der Waals surface area contributed by atoms with Crippen molar-refractivity contribution in [2.24, 2.45) is 0 Å². The maximum Gasteiger partial charge on any atom is 0.255 e. The minimum atomic E-state index is -0.300. The number of amides is 1. The van der Waals surface area contributed by atoms with Crippen LogP contribution in [0.5, 0.6) is 17.2 Å². The van der Waals surface area contributed by atoms with Gasteiger partial charge in [-0.25, -0.2) is 0 Å². The van der Waals surface area contributed by atoms with Crippen LogP contribution in [0.3, 0.4) is 0 Å². The van der Waals surface area contributed by atoms with Crippen LogP contribution >= 0.6 is 0 Å². The molecule has 2 aromatic rings. The van der Waals surface area contributed by atoms with E-state index >= 15 is 0 Å². The Morgan fingerprint density at radius 1 is 1.14 bits per heavy atom. The van der Waals surface area contributed by atoms with Crippen molar-refractivity contribution < 1.29 is 24.5 Å². The van der Waals surface area contributed by atoms with Gasteiger partial charge in [-0.15, -0.1) is 0 Å². The number of phenols is 2. The van der Waals surface area contributed by atoms with E-state index in [1.807, 2.05) is 0 Å². The van der Waals surface area contributed by atoms with E-state index in [1.54, 1.807) is 35.2 Å². The molecule has 6 nitrogen and oxygen atoms in total. The van der Waals surface area contributed by atoms with E-state index in [4.69, 9.17) is 4.74 Å². The molecule has 0 aromatic heterocycles. The Labute approximate surface area is 163 Å². The Balaban J connectivity index is 1.81. The predicted octanol–water partition coefficient (Wildman–Crippen LogP) is 3.63. The smallest absolute Gasteiger partial charge is 0.255 e. The molecule has 0 unspecified atom stereocenters. The first-order valence-electron chi connectivity index (χ1n) is 9.22. The third-order valence-electron chi connectivity index (χ3n) is 5.00. The molecule has 146 valence electrons. The average Bonchev–Trinajstić information content (AvgIpc) is 2.71. The Hall–Kier alpha value is -3.28. The van der Waals surface area contributed by atoms with E-state index in [0.717, 1.165) is 19.3 Å². The van der Waals surface area contributed by atoms with Crippen LogP contribution in [0.25, 0.3) is 6.08 Å². The molecule has 0 aliphatic carbocycles. The summed E-state index contributed by atoms with van der Waals surface area (Å²) < 4.78 is 5.90. The molecule has 6 heteroatoms. The van der Waals surface area contributed by atoms with Crippen LogP contribution in [0, 0.1) is 0 Å². The molecule has 0 radical (unpaired) electrons. The summed E-state index contributed by atoms with van der Waals surface area (Å²) in [5.74, 6) is 0.0746. The lowest BCUT2D eigenvalue weighted by Gasteiger charge is -2.36. The summed E-state index contributed by atoms with van der Waals surface area (Å²) in [6.45, 7) is 4.50. The number of piperidine rings is 1. The van der Waals surface area contributed by atoms with E-state index < -0.39 is 0 Å². The Morgan fingerprint density at radius 3 is 2.57 bits per heavy atom. The molecule has 3 rings (SSSR count). The normalized spacial score (nSPS) is 16.4. The fourth-order valence-corrected chi connectivity index (χ4v) is 3.51. The highest BCUT2D eigenvalue weighted by atomic mass is 16.5. The number of aromatic hydroxyl groups is 2. The molecule has 1 heterocycles.